The van der Waals surface area contributed by atoms with Crippen LogP contribution in [0, 0.1) is 0 Å². The maximum absolute atomic E-state index is 5.23. The zero-order valence-corrected chi connectivity index (χ0v) is 14.1. The monoisotopic (exact) mass is 321 g/mol. The highest BCUT2D eigenvalue weighted by atomic mass is 16.5. The number of ether oxygens (including phenoxy) is 1. The van der Waals surface area contributed by atoms with Crippen molar-refractivity contribution in [3.05, 3.63) is 54.4 Å². The van der Waals surface area contributed by atoms with Gasteiger partial charge in [-0.25, -0.2) is 4.98 Å². The van der Waals surface area contributed by atoms with Gasteiger partial charge in [0.15, 0.2) is 0 Å². The van der Waals surface area contributed by atoms with Crippen LogP contribution in [0.2, 0.25) is 0 Å². The van der Waals surface area contributed by atoms with Crippen molar-refractivity contribution in [2.45, 2.75) is 25.8 Å². The van der Waals surface area contributed by atoms with Crippen molar-refractivity contribution < 1.29 is 4.74 Å². The summed E-state index contributed by atoms with van der Waals surface area (Å²) in [6.07, 6.45) is 5.87. The fourth-order valence-electron chi connectivity index (χ4n) is 3.52. The summed E-state index contributed by atoms with van der Waals surface area (Å²) in [5.41, 5.74) is 4.85. The van der Waals surface area contributed by atoms with Gasteiger partial charge in [0.2, 0.25) is 0 Å². The number of rotatable bonds is 4. The van der Waals surface area contributed by atoms with Gasteiger partial charge in [-0.3, -0.25) is 0 Å². The third-order valence-corrected chi connectivity index (χ3v) is 4.84. The zero-order chi connectivity index (χ0) is 16.4. The highest BCUT2D eigenvalue weighted by molar-refractivity contribution is 5.89. The first-order valence-electron chi connectivity index (χ1n) is 8.67. The van der Waals surface area contributed by atoms with E-state index in [-0.39, 0.29) is 0 Å². The van der Waals surface area contributed by atoms with Gasteiger partial charge in [-0.1, -0.05) is 18.2 Å². The van der Waals surface area contributed by atoms with Crippen LogP contribution in [0.5, 0.6) is 5.75 Å². The SMILES string of the molecule is COc1ccc(Cn2cnc3c(N4CCCCC4)cccc32)cc1. The van der Waals surface area contributed by atoms with Gasteiger partial charge in [-0.05, 0) is 49.1 Å². The molecule has 124 valence electrons. The summed E-state index contributed by atoms with van der Waals surface area (Å²) in [6, 6.07) is 14.8. The highest BCUT2D eigenvalue weighted by Gasteiger charge is 2.15. The van der Waals surface area contributed by atoms with E-state index in [9.17, 15) is 0 Å². The van der Waals surface area contributed by atoms with Crippen LogP contribution in [0.4, 0.5) is 5.69 Å². The fraction of sp³-hybridized carbons (Fsp3) is 0.350. The van der Waals surface area contributed by atoms with Crippen LogP contribution < -0.4 is 9.64 Å². The minimum atomic E-state index is 0.823. The van der Waals surface area contributed by atoms with Gasteiger partial charge in [0.05, 0.1) is 24.6 Å². The predicted octanol–water partition coefficient (Wildman–Crippen LogP) is 4.08. The highest BCUT2D eigenvalue weighted by Crippen LogP contribution is 2.28. The smallest absolute Gasteiger partial charge is 0.118 e. The van der Waals surface area contributed by atoms with E-state index in [4.69, 9.17) is 9.72 Å². The molecule has 0 spiro atoms. The van der Waals surface area contributed by atoms with E-state index in [0.29, 0.717) is 0 Å². The molecule has 2 aromatic carbocycles. The lowest BCUT2D eigenvalue weighted by atomic mass is 10.1. The molecule has 2 heterocycles. The first-order valence-corrected chi connectivity index (χ1v) is 8.67. The summed E-state index contributed by atoms with van der Waals surface area (Å²) in [5, 5.41) is 0. The van der Waals surface area contributed by atoms with E-state index >= 15 is 0 Å². The Kier molecular flexibility index (Phi) is 4.11. The largest absolute Gasteiger partial charge is 0.497 e. The normalized spacial score (nSPS) is 15.0. The summed E-state index contributed by atoms with van der Waals surface area (Å²) in [6.45, 7) is 3.11. The number of aromatic nitrogens is 2. The molecule has 1 fully saturated rings. The van der Waals surface area contributed by atoms with Crippen molar-refractivity contribution in [2.24, 2.45) is 0 Å². The Bertz CT molecular complexity index is 817. The van der Waals surface area contributed by atoms with Crippen LogP contribution in [0.15, 0.2) is 48.8 Å². The van der Waals surface area contributed by atoms with E-state index in [2.05, 4.69) is 39.8 Å². The van der Waals surface area contributed by atoms with Crippen molar-refractivity contribution >= 4 is 16.7 Å². The Morgan fingerprint density at radius 3 is 2.54 bits per heavy atom. The molecule has 1 aliphatic rings. The Hall–Kier alpha value is -2.49. The van der Waals surface area contributed by atoms with Gasteiger partial charge in [-0.15, -0.1) is 0 Å². The first-order chi connectivity index (χ1) is 11.8. The maximum atomic E-state index is 5.23. The van der Waals surface area contributed by atoms with E-state index < -0.39 is 0 Å². The van der Waals surface area contributed by atoms with E-state index in [1.807, 2.05) is 18.5 Å². The van der Waals surface area contributed by atoms with Gasteiger partial charge in [-0.2, -0.15) is 0 Å². The molecule has 0 unspecified atom stereocenters. The van der Waals surface area contributed by atoms with Crippen LogP contribution in [-0.4, -0.2) is 29.8 Å². The fourth-order valence-corrected chi connectivity index (χ4v) is 3.52. The average Bonchev–Trinajstić information content (AvgIpc) is 3.06. The van der Waals surface area contributed by atoms with E-state index in [0.717, 1.165) is 30.9 Å². The minimum absolute atomic E-state index is 0.823. The first kappa shape index (κ1) is 15.1. The number of methoxy groups -OCH3 is 1. The second-order valence-corrected chi connectivity index (χ2v) is 6.41. The molecule has 4 rings (SSSR count). The number of benzene rings is 2. The number of imidazole rings is 1. The Morgan fingerprint density at radius 2 is 1.79 bits per heavy atom. The van der Waals surface area contributed by atoms with Crippen molar-refractivity contribution in [3.63, 3.8) is 0 Å². The van der Waals surface area contributed by atoms with Gasteiger partial charge in [0.1, 0.15) is 11.3 Å². The molecule has 1 aromatic heterocycles. The van der Waals surface area contributed by atoms with Crippen LogP contribution in [0.3, 0.4) is 0 Å². The van der Waals surface area contributed by atoms with Gasteiger partial charge < -0.3 is 14.2 Å². The molecule has 0 amide bonds. The number of para-hydroxylation sites is 1. The Morgan fingerprint density at radius 1 is 1.00 bits per heavy atom. The standard InChI is InChI=1S/C20H23N3O/c1-24-17-10-8-16(9-11-17)14-23-15-21-20-18(6-5-7-19(20)23)22-12-3-2-4-13-22/h5-11,15H,2-4,12-14H2,1H3. The zero-order valence-electron chi connectivity index (χ0n) is 14.1. The van der Waals surface area contributed by atoms with Crippen LogP contribution in [-0.2, 0) is 6.54 Å². The molecular weight excluding hydrogens is 298 g/mol. The van der Waals surface area contributed by atoms with E-state index in [1.165, 1.54) is 36.0 Å². The summed E-state index contributed by atoms with van der Waals surface area (Å²) < 4.78 is 7.46. The van der Waals surface area contributed by atoms with Crippen LogP contribution in [0.1, 0.15) is 24.8 Å². The number of fused-ring (bicyclic) bond motifs is 1. The molecule has 0 saturated carbocycles. The van der Waals surface area contributed by atoms with Crippen molar-refractivity contribution in [1.29, 1.82) is 0 Å². The summed E-state index contributed by atoms with van der Waals surface area (Å²) in [5.74, 6) is 0.890. The van der Waals surface area contributed by atoms with E-state index in [1.54, 1.807) is 7.11 Å². The lowest BCUT2D eigenvalue weighted by molar-refractivity contribution is 0.414. The molecule has 4 nitrogen and oxygen atoms in total. The molecule has 0 bridgehead atoms. The summed E-state index contributed by atoms with van der Waals surface area (Å²) in [7, 11) is 1.69. The third kappa shape index (κ3) is 2.84. The summed E-state index contributed by atoms with van der Waals surface area (Å²) in [4.78, 5) is 7.20. The molecule has 3 aromatic rings. The second kappa shape index (κ2) is 6.56. The molecule has 24 heavy (non-hydrogen) atoms. The molecule has 0 N–H and O–H groups in total. The van der Waals surface area contributed by atoms with Gasteiger partial charge in [0.25, 0.3) is 0 Å². The molecule has 0 atom stereocenters. The molecule has 0 aliphatic carbocycles. The number of hydrogen-bond donors (Lipinski definition) is 0. The molecule has 4 heteroatoms. The molecule has 1 aliphatic heterocycles. The number of piperidine rings is 1. The summed E-state index contributed by atoms with van der Waals surface area (Å²) >= 11 is 0. The molecular formula is C20H23N3O. The lowest BCUT2D eigenvalue weighted by Crippen LogP contribution is -2.29. The van der Waals surface area contributed by atoms with Crippen molar-refractivity contribution in [1.82, 2.24) is 9.55 Å². The van der Waals surface area contributed by atoms with Crippen LogP contribution in [0.25, 0.3) is 11.0 Å². The maximum Gasteiger partial charge on any atom is 0.118 e. The minimum Gasteiger partial charge on any atom is -0.497 e. The second-order valence-electron chi connectivity index (χ2n) is 6.41. The Labute approximate surface area is 142 Å². The third-order valence-electron chi connectivity index (χ3n) is 4.84. The molecule has 1 saturated heterocycles. The van der Waals surface area contributed by atoms with Gasteiger partial charge >= 0.3 is 0 Å². The van der Waals surface area contributed by atoms with Crippen molar-refractivity contribution in [3.8, 4) is 5.75 Å². The predicted molar refractivity (Wildman–Crippen MR) is 97.9 cm³/mol. The van der Waals surface area contributed by atoms with Crippen molar-refractivity contribution in [2.75, 3.05) is 25.1 Å². The Balaban J connectivity index is 1.64. The average molecular weight is 321 g/mol. The number of nitrogens with zero attached hydrogens (tertiary/aromatic N) is 3. The number of anilines is 1. The van der Waals surface area contributed by atoms with Crippen LogP contribution >= 0.6 is 0 Å². The quantitative estimate of drug-likeness (QED) is 0.725. The topological polar surface area (TPSA) is 30.3 Å². The lowest BCUT2D eigenvalue weighted by Gasteiger charge is -2.29. The van der Waals surface area contributed by atoms with Gasteiger partial charge in [0, 0.05) is 19.6 Å². The number of hydrogen-bond acceptors (Lipinski definition) is 3. The molecule has 0 radical (unpaired) electrons.